The van der Waals surface area contributed by atoms with Gasteiger partial charge in [0.25, 0.3) is 0 Å². The summed E-state index contributed by atoms with van der Waals surface area (Å²) in [6, 6.07) is 6.50. The zero-order chi connectivity index (χ0) is 28.1. The molecule has 0 bridgehead atoms. The monoisotopic (exact) mass is 710 g/mol. The average molecular weight is 710 g/mol. The number of nitrogens with zero attached hydrogens (tertiary/aromatic N) is 4. The molecule has 1 saturated heterocycles. The van der Waals surface area contributed by atoms with Crippen LogP contribution in [0.5, 0.6) is 0 Å². The van der Waals surface area contributed by atoms with Gasteiger partial charge in [-0.2, -0.15) is 0 Å². The largest absolute Gasteiger partial charge is 0.549 e. The van der Waals surface area contributed by atoms with Gasteiger partial charge in [0.05, 0.1) is 17.9 Å². The molecule has 0 radical (unpaired) electrons. The molecule has 220 valence electrons. The van der Waals surface area contributed by atoms with Gasteiger partial charge in [-0.1, -0.05) is 24.9 Å². The Bertz CT molecular complexity index is 910. The summed E-state index contributed by atoms with van der Waals surface area (Å²) < 4.78 is 2.72. The van der Waals surface area contributed by atoms with Gasteiger partial charge in [-0.3, -0.25) is 24.4 Å². The van der Waals surface area contributed by atoms with Crippen LogP contribution in [0.3, 0.4) is 0 Å². The van der Waals surface area contributed by atoms with Crippen LogP contribution in [-0.4, -0.2) is 127 Å². The fourth-order valence-corrected chi connectivity index (χ4v) is 4.55. The summed E-state index contributed by atoms with van der Waals surface area (Å²) in [5, 5.41) is 43.9. The molecule has 1 aromatic carbocycles. The zero-order valence-corrected chi connectivity index (χ0v) is 24.6. The molecule has 0 amide bonds. The van der Waals surface area contributed by atoms with E-state index in [1.165, 1.54) is 0 Å². The number of carboxylic acid groups (broad SMARTS) is 4. The number of carbonyl (C=O) groups excluding carboxylic acids is 3. The van der Waals surface area contributed by atoms with Crippen molar-refractivity contribution in [2.45, 2.75) is 18.9 Å². The Morgan fingerprint density at radius 1 is 0.769 bits per heavy atom. The van der Waals surface area contributed by atoms with Crippen LogP contribution in [0.25, 0.3) is 0 Å². The van der Waals surface area contributed by atoms with Crippen LogP contribution in [0.4, 0.5) is 5.69 Å². The van der Waals surface area contributed by atoms with Crippen molar-refractivity contribution >= 4 is 42.4 Å². The molecule has 15 heteroatoms. The quantitative estimate of drug-likeness (QED) is 0.178. The topological polar surface area (TPSA) is 183 Å². The first-order chi connectivity index (χ1) is 18.1. The molecule has 2 rings (SSSR count). The number of carbonyl (C=O) groups is 4. The van der Waals surface area contributed by atoms with Gasteiger partial charge in [0.2, 0.25) is 0 Å². The maximum absolute atomic E-state index is 12.3. The maximum atomic E-state index is 12.3. The van der Waals surface area contributed by atoms with Crippen molar-refractivity contribution in [1.82, 2.24) is 19.6 Å². The van der Waals surface area contributed by atoms with E-state index in [9.17, 15) is 39.6 Å². The Morgan fingerprint density at radius 3 is 1.49 bits per heavy atom. The first-order valence-corrected chi connectivity index (χ1v) is 12.7. The van der Waals surface area contributed by atoms with Crippen molar-refractivity contribution in [2.24, 2.45) is 0 Å². The average Bonchev–Trinajstić information content (AvgIpc) is 2.84. The molecule has 1 aliphatic heterocycles. The molecular formula is C24H34GdN5O8S-3. The van der Waals surface area contributed by atoms with Gasteiger partial charge < -0.3 is 39.5 Å². The summed E-state index contributed by atoms with van der Waals surface area (Å²) in [6.07, 6.45) is 0.757. The molecule has 1 unspecified atom stereocenters. The Labute approximate surface area is 265 Å². The summed E-state index contributed by atoms with van der Waals surface area (Å²) in [7, 11) is 0. The van der Waals surface area contributed by atoms with E-state index in [1.54, 1.807) is 19.6 Å². The third-order valence-electron chi connectivity index (χ3n) is 6.45. The van der Waals surface area contributed by atoms with E-state index in [2.05, 4.69) is 17.5 Å². The van der Waals surface area contributed by atoms with Crippen molar-refractivity contribution in [1.29, 1.82) is 0 Å². The number of rotatable bonds is 12. The first kappa shape index (κ1) is 35.4. The van der Waals surface area contributed by atoms with Crippen LogP contribution in [0.1, 0.15) is 12.0 Å². The van der Waals surface area contributed by atoms with Crippen molar-refractivity contribution in [3.8, 4) is 0 Å². The van der Waals surface area contributed by atoms with Crippen molar-refractivity contribution in [2.75, 3.05) is 76.7 Å². The van der Waals surface area contributed by atoms with Gasteiger partial charge in [0.1, 0.15) is 6.04 Å². The van der Waals surface area contributed by atoms with E-state index in [1.807, 2.05) is 24.3 Å². The zero-order valence-electron chi connectivity index (χ0n) is 21.5. The van der Waals surface area contributed by atoms with E-state index in [0.717, 1.165) is 11.3 Å². The second-order valence-electron chi connectivity index (χ2n) is 9.18. The minimum Gasteiger partial charge on any atom is -0.549 e. The van der Waals surface area contributed by atoms with Crippen LogP contribution < -0.4 is 20.0 Å². The third kappa shape index (κ3) is 14.0. The Kier molecular flexibility index (Phi) is 17.0. The van der Waals surface area contributed by atoms with Crippen LogP contribution in [-0.2, 0) is 25.6 Å². The van der Waals surface area contributed by atoms with Crippen LogP contribution in [0.2, 0.25) is 0 Å². The molecule has 1 aromatic rings. The van der Waals surface area contributed by atoms with Gasteiger partial charge in [-0.25, -0.2) is 0 Å². The number of aryl methyl sites for hydroxylation is 1. The van der Waals surface area contributed by atoms with E-state index < -0.39 is 49.6 Å². The summed E-state index contributed by atoms with van der Waals surface area (Å²) in [5.41, 5.74) is 1.73. The number of carboxylic acids is 4. The van der Waals surface area contributed by atoms with Crippen molar-refractivity contribution in [3.05, 3.63) is 29.8 Å². The number of hydrogen-bond acceptors (Lipinski definition) is 13. The normalized spacial score (nSPS) is 17.7. The predicted octanol–water partition coefficient (Wildman–Crippen LogP) is -4.20. The minimum atomic E-state index is -1.30. The number of anilines is 1. The molecule has 13 nitrogen and oxygen atoms in total. The number of thiol groups is 1. The van der Waals surface area contributed by atoms with E-state index in [-0.39, 0.29) is 98.7 Å². The van der Waals surface area contributed by atoms with Gasteiger partial charge in [-0.15, -0.1) is 0 Å². The first-order valence-electron chi connectivity index (χ1n) is 12.3. The number of aliphatic carboxylic acids is 4. The Balaban J connectivity index is 0.00000760. The summed E-state index contributed by atoms with van der Waals surface area (Å²) in [5.74, 6) is -4.95. The molecule has 1 atom stereocenters. The molecule has 0 saturated carbocycles. The van der Waals surface area contributed by atoms with Crippen molar-refractivity contribution < 1.29 is 79.5 Å². The second kappa shape index (κ2) is 18.7. The molecule has 1 fully saturated rings. The number of hydrogen-bond donors (Lipinski definition) is 3. The second-order valence-corrected chi connectivity index (χ2v) is 9.41. The fourth-order valence-electron chi connectivity index (χ4n) is 4.40. The van der Waals surface area contributed by atoms with Crippen LogP contribution >= 0.6 is 12.8 Å². The SMILES string of the molecule is O=C([O-])CN1CCN(CC(=O)[O-])CCN(C(CCc2ccc(NS)cc2)C(=O)O)CCN(CC(=O)[O-])CC1.[Gd]. The molecule has 1 aliphatic rings. The van der Waals surface area contributed by atoms with Gasteiger partial charge in [0.15, 0.2) is 0 Å². The van der Waals surface area contributed by atoms with Gasteiger partial charge in [0, 0.05) is 118 Å². The van der Waals surface area contributed by atoms with Crippen LogP contribution in [0.15, 0.2) is 24.3 Å². The van der Waals surface area contributed by atoms with E-state index in [4.69, 9.17) is 0 Å². The van der Waals surface area contributed by atoms with E-state index >= 15 is 0 Å². The van der Waals surface area contributed by atoms with E-state index in [0.29, 0.717) is 6.42 Å². The fraction of sp³-hybridized carbons (Fsp3) is 0.583. The molecule has 0 aromatic heterocycles. The van der Waals surface area contributed by atoms with Crippen molar-refractivity contribution in [3.63, 3.8) is 0 Å². The van der Waals surface area contributed by atoms with Gasteiger partial charge in [-0.05, 0) is 30.5 Å². The number of nitrogens with one attached hydrogen (secondary N) is 1. The van der Waals surface area contributed by atoms with Gasteiger partial charge >= 0.3 is 5.97 Å². The minimum absolute atomic E-state index is 0. The molecular weight excluding hydrogens is 676 g/mol. The Hall–Kier alpha value is -1.59. The standard InChI is InChI=1S/C24H37N5O8S.Gd/c30-21(31)15-26-7-9-27(16-22(32)33)11-13-29(14-12-28(10-8-26)17-23(34)35)20(24(36)37)6-3-18-1-4-19(25-38)5-2-18;/h1-2,4-5,20,25,38H,3,6-17H2,(H,30,31)(H,32,33)(H,34,35)(H,36,37);/p-3. The predicted molar refractivity (Wildman–Crippen MR) is 135 cm³/mol. The summed E-state index contributed by atoms with van der Waals surface area (Å²) >= 11 is 4.00. The molecule has 0 spiro atoms. The number of benzene rings is 1. The maximum Gasteiger partial charge on any atom is 0.320 e. The third-order valence-corrected chi connectivity index (χ3v) is 6.70. The molecule has 39 heavy (non-hydrogen) atoms. The molecule has 0 aliphatic carbocycles. The summed E-state index contributed by atoms with van der Waals surface area (Å²) in [4.78, 5) is 52.5. The smallest absolute Gasteiger partial charge is 0.320 e. The van der Waals surface area contributed by atoms with Crippen LogP contribution in [0, 0.1) is 39.9 Å². The molecule has 2 N–H and O–H groups in total. The molecule has 1 heterocycles. The Morgan fingerprint density at radius 2 is 1.15 bits per heavy atom. The summed E-state index contributed by atoms with van der Waals surface area (Å²) in [6.45, 7) is 0.381.